The smallest absolute Gasteiger partial charge is 0.332 e. The number of hydrogen-bond donors (Lipinski definition) is 5. The van der Waals surface area contributed by atoms with Gasteiger partial charge in [-0.2, -0.15) is 14.5 Å². The Kier molecular flexibility index (Phi) is 2.03. The van der Waals surface area contributed by atoms with Crippen LogP contribution in [0.4, 0.5) is 17.7 Å². The van der Waals surface area contributed by atoms with Gasteiger partial charge in [-0.3, -0.25) is 9.97 Å². The molecule has 0 fully saturated rings. The third-order valence-electron chi connectivity index (χ3n) is 2.98. The van der Waals surface area contributed by atoms with Crippen molar-refractivity contribution in [2.45, 2.75) is 0 Å². The molecule has 4 rings (SSSR count). The SMILES string of the molecule is Nc1ncc2[nH]c(-[n+]3c[nH]c4c(N)nc(N)nc43)nc2n1. The van der Waals surface area contributed by atoms with Crippen LogP contribution in [0.5, 0.6) is 0 Å². The van der Waals surface area contributed by atoms with E-state index in [1.54, 1.807) is 17.1 Å². The summed E-state index contributed by atoms with van der Waals surface area (Å²) in [5.74, 6) is 0.971. The van der Waals surface area contributed by atoms with Crippen LogP contribution in [-0.2, 0) is 0 Å². The number of nitrogen functional groups attached to an aromatic ring is 3. The molecule has 0 aromatic carbocycles. The average molecular weight is 284 g/mol. The summed E-state index contributed by atoms with van der Waals surface area (Å²) in [4.78, 5) is 26.4. The first kappa shape index (κ1) is 11.3. The minimum absolute atomic E-state index is 0.0773. The normalized spacial score (nSPS) is 11.4. The van der Waals surface area contributed by atoms with Crippen LogP contribution in [0.1, 0.15) is 0 Å². The predicted molar refractivity (Wildman–Crippen MR) is 73.9 cm³/mol. The Morgan fingerprint density at radius 3 is 2.71 bits per heavy atom. The fourth-order valence-electron chi connectivity index (χ4n) is 2.07. The topological polar surface area (TPSA) is 178 Å². The lowest BCUT2D eigenvalue weighted by Crippen LogP contribution is -2.31. The summed E-state index contributed by atoms with van der Waals surface area (Å²) in [7, 11) is 0. The molecule has 0 bridgehead atoms. The Morgan fingerprint density at radius 2 is 1.86 bits per heavy atom. The van der Waals surface area contributed by atoms with E-state index in [0.29, 0.717) is 28.3 Å². The summed E-state index contributed by atoms with van der Waals surface area (Å²) in [5, 5.41) is 0. The predicted octanol–water partition coefficient (Wildman–Crippen LogP) is -1.35. The fraction of sp³-hybridized carbons (Fsp3) is 0. The maximum atomic E-state index is 5.80. The largest absolute Gasteiger partial charge is 0.381 e. The molecule has 0 aliphatic rings. The monoisotopic (exact) mass is 284 g/mol. The third-order valence-corrected chi connectivity index (χ3v) is 2.98. The van der Waals surface area contributed by atoms with E-state index >= 15 is 0 Å². The van der Waals surface area contributed by atoms with Gasteiger partial charge in [0.15, 0.2) is 23.2 Å². The van der Waals surface area contributed by atoms with Crippen molar-refractivity contribution in [1.29, 1.82) is 0 Å². The van der Waals surface area contributed by atoms with E-state index in [9.17, 15) is 0 Å². The van der Waals surface area contributed by atoms with E-state index in [1.165, 1.54) is 0 Å². The Hall–Kier alpha value is -3.50. The third kappa shape index (κ3) is 1.60. The van der Waals surface area contributed by atoms with Crippen LogP contribution in [0.15, 0.2) is 12.5 Å². The van der Waals surface area contributed by atoms with Gasteiger partial charge in [-0.15, -0.1) is 9.97 Å². The van der Waals surface area contributed by atoms with Crippen LogP contribution in [0, 0.1) is 0 Å². The number of aromatic amines is 2. The number of nitrogens with two attached hydrogens (primary N) is 3. The molecule has 4 aromatic rings. The molecule has 11 nitrogen and oxygen atoms in total. The van der Waals surface area contributed by atoms with E-state index < -0.39 is 0 Å². The van der Waals surface area contributed by atoms with Crippen molar-refractivity contribution in [3.05, 3.63) is 12.5 Å². The van der Waals surface area contributed by atoms with Gasteiger partial charge < -0.3 is 17.2 Å². The van der Waals surface area contributed by atoms with Crippen molar-refractivity contribution in [1.82, 2.24) is 34.9 Å². The van der Waals surface area contributed by atoms with Gasteiger partial charge in [0.05, 0.1) is 6.20 Å². The lowest BCUT2D eigenvalue weighted by Gasteiger charge is -1.94. The van der Waals surface area contributed by atoms with Crippen LogP contribution in [0.2, 0.25) is 0 Å². The summed E-state index contributed by atoms with van der Waals surface area (Å²) in [6, 6.07) is 0. The number of imidazole rings is 2. The standard InChI is InChI=1S/C10H9N11/c11-5-4-7(20-9(13)17-5)21(2-15-4)10-16-3-1-14-8(12)18-6(3)19-10/h1-2H,(H7,11,12,13,14,16,17,18,19,20)/p+1. The van der Waals surface area contributed by atoms with Gasteiger partial charge in [-0.05, 0) is 0 Å². The maximum Gasteiger partial charge on any atom is 0.332 e. The van der Waals surface area contributed by atoms with Crippen molar-refractivity contribution in [3.8, 4) is 5.95 Å². The van der Waals surface area contributed by atoms with Crippen LogP contribution >= 0.6 is 0 Å². The van der Waals surface area contributed by atoms with E-state index in [0.717, 1.165) is 0 Å². The molecule has 0 unspecified atom stereocenters. The molecule has 0 aliphatic carbocycles. The average Bonchev–Trinajstić information content (AvgIpc) is 3.01. The van der Waals surface area contributed by atoms with Crippen LogP contribution in [0.25, 0.3) is 28.3 Å². The number of nitrogens with zero attached hydrogens (tertiary/aromatic N) is 6. The summed E-state index contributed by atoms with van der Waals surface area (Å²) < 4.78 is 1.65. The first-order valence-electron chi connectivity index (χ1n) is 5.92. The highest BCUT2D eigenvalue weighted by molar-refractivity contribution is 5.80. The van der Waals surface area contributed by atoms with Gasteiger partial charge >= 0.3 is 5.95 Å². The van der Waals surface area contributed by atoms with E-state index in [1.807, 2.05) is 0 Å². The zero-order valence-corrected chi connectivity index (χ0v) is 10.6. The molecule has 4 aromatic heterocycles. The molecular formula is C10H10N11+. The minimum Gasteiger partial charge on any atom is -0.381 e. The van der Waals surface area contributed by atoms with Gasteiger partial charge in [0.25, 0.3) is 11.6 Å². The Morgan fingerprint density at radius 1 is 1.00 bits per heavy atom. The maximum absolute atomic E-state index is 5.80. The first-order valence-corrected chi connectivity index (χ1v) is 5.92. The molecule has 0 spiro atoms. The number of fused-ring (bicyclic) bond motifs is 2. The number of aromatic nitrogens is 8. The van der Waals surface area contributed by atoms with Crippen molar-refractivity contribution < 1.29 is 4.57 Å². The molecule has 0 atom stereocenters. The molecule has 104 valence electrons. The van der Waals surface area contributed by atoms with Gasteiger partial charge in [0.1, 0.15) is 0 Å². The highest BCUT2D eigenvalue weighted by Gasteiger charge is 2.20. The fourth-order valence-corrected chi connectivity index (χ4v) is 2.07. The Balaban J connectivity index is 1.99. The van der Waals surface area contributed by atoms with E-state index in [2.05, 4.69) is 34.9 Å². The quantitative estimate of drug-likeness (QED) is 0.266. The second-order valence-corrected chi connectivity index (χ2v) is 4.33. The number of nitrogens with one attached hydrogen (secondary N) is 2. The van der Waals surface area contributed by atoms with Gasteiger partial charge in [-0.1, -0.05) is 0 Å². The lowest BCUT2D eigenvalue weighted by molar-refractivity contribution is -0.576. The van der Waals surface area contributed by atoms with Crippen LogP contribution in [-0.4, -0.2) is 34.9 Å². The lowest BCUT2D eigenvalue weighted by atomic mass is 10.5. The molecule has 21 heavy (non-hydrogen) atoms. The number of anilines is 3. The van der Waals surface area contributed by atoms with E-state index in [4.69, 9.17) is 17.2 Å². The van der Waals surface area contributed by atoms with Crippen molar-refractivity contribution in [2.75, 3.05) is 17.2 Å². The highest BCUT2D eigenvalue weighted by atomic mass is 15.3. The molecule has 0 saturated heterocycles. The number of H-pyrrole nitrogens is 2. The molecule has 11 heteroatoms. The molecule has 0 saturated carbocycles. The van der Waals surface area contributed by atoms with Gasteiger partial charge in [0, 0.05) is 0 Å². The van der Waals surface area contributed by atoms with Crippen molar-refractivity contribution >= 4 is 40.0 Å². The molecule has 8 N–H and O–H groups in total. The minimum atomic E-state index is 0.0773. The summed E-state index contributed by atoms with van der Waals surface area (Å²) in [6.45, 7) is 0. The Bertz CT molecular complexity index is 981. The van der Waals surface area contributed by atoms with Crippen molar-refractivity contribution in [3.63, 3.8) is 0 Å². The van der Waals surface area contributed by atoms with E-state index in [-0.39, 0.29) is 17.7 Å². The number of rotatable bonds is 1. The molecule has 0 aliphatic heterocycles. The van der Waals surface area contributed by atoms with Crippen LogP contribution in [0.3, 0.4) is 0 Å². The summed E-state index contributed by atoms with van der Waals surface area (Å²) in [5.41, 5.74) is 19.1. The second-order valence-electron chi connectivity index (χ2n) is 4.33. The van der Waals surface area contributed by atoms with Gasteiger partial charge in [0.2, 0.25) is 11.6 Å². The second kappa shape index (κ2) is 3.75. The zero-order chi connectivity index (χ0) is 14.6. The van der Waals surface area contributed by atoms with Crippen molar-refractivity contribution in [2.24, 2.45) is 0 Å². The van der Waals surface area contributed by atoms with Crippen LogP contribution < -0.4 is 21.8 Å². The molecule has 4 heterocycles. The van der Waals surface area contributed by atoms with Gasteiger partial charge in [-0.25, -0.2) is 4.98 Å². The molecular weight excluding hydrogens is 274 g/mol. The molecule has 0 radical (unpaired) electrons. The molecule has 0 amide bonds. The first-order chi connectivity index (χ1) is 10.1. The zero-order valence-electron chi connectivity index (χ0n) is 10.6. The summed E-state index contributed by atoms with van der Waals surface area (Å²) >= 11 is 0. The highest BCUT2D eigenvalue weighted by Crippen LogP contribution is 2.15. The summed E-state index contributed by atoms with van der Waals surface area (Å²) in [6.07, 6.45) is 3.20. The number of hydrogen-bond acceptors (Lipinski definition) is 8. The Labute approximate surface area is 116 Å².